The summed E-state index contributed by atoms with van der Waals surface area (Å²) in [5.41, 5.74) is 6.87. The normalized spacial score (nSPS) is 14.6. The summed E-state index contributed by atoms with van der Waals surface area (Å²) in [7, 11) is 0. The molecular formula is C15H24FN. The smallest absolute Gasteiger partial charge is 0.123 e. The fraction of sp³-hybridized carbons (Fsp3) is 0.600. The molecule has 0 aliphatic rings. The molecule has 0 aliphatic heterocycles. The first kappa shape index (κ1) is 14.2. The second kappa shape index (κ2) is 7.44. The van der Waals surface area contributed by atoms with Crippen molar-refractivity contribution in [3.63, 3.8) is 0 Å². The second-order valence-electron chi connectivity index (χ2n) is 5.07. The Kier molecular flexibility index (Phi) is 6.20. The van der Waals surface area contributed by atoms with E-state index in [1.165, 1.54) is 18.9 Å². The monoisotopic (exact) mass is 237 g/mol. The lowest BCUT2D eigenvalue weighted by atomic mass is 9.88. The van der Waals surface area contributed by atoms with E-state index in [0.717, 1.165) is 18.4 Å². The van der Waals surface area contributed by atoms with E-state index in [1.807, 2.05) is 6.07 Å². The van der Waals surface area contributed by atoms with Gasteiger partial charge in [-0.15, -0.1) is 0 Å². The molecule has 2 heteroatoms. The molecule has 0 aromatic heterocycles. The van der Waals surface area contributed by atoms with Gasteiger partial charge in [0.15, 0.2) is 0 Å². The maximum atomic E-state index is 13.1. The van der Waals surface area contributed by atoms with Crippen molar-refractivity contribution in [2.45, 2.75) is 39.5 Å². The molecule has 2 N–H and O–H groups in total. The maximum absolute atomic E-state index is 13.1. The lowest BCUT2D eigenvalue weighted by Crippen LogP contribution is -2.19. The van der Waals surface area contributed by atoms with Gasteiger partial charge in [-0.2, -0.15) is 0 Å². The van der Waals surface area contributed by atoms with Crippen molar-refractivity contribution < 1.29 is 4.39 Å². The lowest BCUT2D eigenvalue weighted by molar-refractivity contribution is 0.374. The number of rotatable bonds is 7. The average molecular weight is 237 g/mol. The summed E-state index contributed by atoms with van der Waals surface area (Å²) in [6.45, 7) is 5.17. The number of halogens is 1. The van der Waals surface area contributed by atoms with Gasteiger partial charge in [0.05, 0.1) is 0 Å². The van der Waals surface area contributed by atoms with E-state index in [2.05, 4.69) is 13.8 Å². The van der Waals surface area contributed by atoms with Crippen LogP contribution >= 0.6 is 0 Å². The van der Waals surface area contributed by atoms with E-state index in [1.54, 1.807) is 12.1 Å². The molecule has 0 radical (unpaired) electrons. The zero-order valence-electron chi connectivity index (χ0n) is 11.0. The molecule has 0 saturated heterocycles. The van der Waals surface area contributed by atoms with Crippen LogP contribution in [0.4, 0.5) is 4.39 Å². The number of benzene rings is 1. The van der Waals surface area contributed by atoms with E-state index in [9.17, 15) is 4.39 Å². The molecule has 0 fully saturated rings. The van der Waals surface area contributed by atoms with E-state index < -0.39 is 0 Å². The quantitative estimate of drug-likeness (QED) is 0.767. The minimum Gasteiger partial charge on any atom is -0.330 e. The van der Waals surface area contributed by atoms with Gasteiger partial charge in [0.1, 0.15) is 5.82 Å². The number of hydrogen-bond acceptors (Lipinski definition) is 1. The predicted molar refractivity (Wildman–Crippen MR) is 71.3 cm³/mol. The zero-order chi connectivity index (χ0) is 12.7. The summed E-state index contributed by atoms with van der Waals surface area (Å²) in [6.07, 6.45) is 4.50. The second-order valence-corrected chi connectivity index (χ2v) is 5.07. The molecule has 0 saturated carbocycles. The third kappa shape index (κ3) is 5.31. The summed E-state index contributed by atoms with van der Waals surface area (Å²) < 4.78 is 13.1. The Morgan fingerprint density at radius 3 is 2.71 bits per heavy atom. The van der Waals surface area contributed by atoms with E-state index >= 15 is 0 Å². The zero-order valence-corrected chi connectivity index (χ0v) is 11.0. The summed E-state index contributed by atoms with van der Waals surface area (Å²) in [4.78, 5) is 0. The molecule has 0 heterocycles. The van der Waals surface area contributed by atoms with Crippen molar-refractivity contribution in [3.8, 4) is 0 Å². The van der Waals surface area contributed by atoms with Gasteiger partial charge in [-0.1, -0.05) is 38.8 Å². The van der Waals surface area contributed by atoms with Gasteiger partial charge in [-0.25, -0.2) is 4.39 Å². The Balaban J connectivity index is 2.51. The minimum absolute atomic E-state index is 0.153. The average Bonchev–Trinajstić information content (AvgIpc) is 2.28. The van der Waals surface area contributed by atoms with Crippen LogP contribution in [0.5, 0.6) is 0 Å². The van der Waals surface area contributed by atoms with Gasteiger partial charge in [0.2, 0.25) is 0 Å². The van der Waals surface area contributed by atoms with Crippen LogP contribution in [0.3, 0.4) is 0 Å². The van der Waals surface area contributed by atoms with Crippen molar-refractivity contribution in [2.75, 3.05) is 6.54 Å². The van der Waals surface area contributed by atoms with Crippen LogP contribution in [0.15, 0.2) is 24.3 Å². The molecular weight excluding hydrogens is 213 g/mol. The van der Waals surface area contributed by atoms with Crippen molar-refractivity contribution in [2.24, 2.45) is 17.6 Å². The Morgan fingerprint density at radius 1 is 1.35 bits per heavy atom. The molecule has 0 aliphatic carbocycles. The molecule has 96 valence electrons. The summed E-state index contributed by atoms with van der Waals surface area (Å²) >= 11 is 0. The van der Waals surface area contributed by atoms with Gasteiger partial charge < -0.3 is 5.73 Å². The minimum atomic E-state index is -0.153. The van der Waals surface area contributed by atoms with Crippen LogP contribution in [-0.4, -0.2) is 6.54 Å². The Morgan fingerprint density at radius 2 is 2.12 bits per heavy atom. The highest BCUT2D eigenvalue weighted by Crippen LogP contribution is 2.20. The van der Waals surface area contributed by atoms with Crippen LogP contribution in [0.25, 0.3) is 0 Å². The maximum Gasteiger partial charge on any atom is 0.123 e. The SMILES string of the molecule is CCCC(C)CC(CN)Cc1cccc(F)c1. The summed E-state index contributed by atoms with van der Waals surface area (Å²) in [5.74, 6) is 1.03. The fourth-order valence-corrected chi connectivity index (χ4v) is 2.44. The third-order valence-corrected chi connectivity index (χ3v) is 3.26. The molecule has 1 rings (SSSR count). The van der Waals surface area contributed by atoms with Gasteiger partial charge in [-0.3, -0.25) is 0 Å². The third-order valence-electron chi connectivity index (χ3n) is 3.26. The fourth-order valence-electron chi connectivity index (χ4n) is 2.44. The molecule has 17 heavy (non-hydrogen) atoms. The van der Waals surface area contributed by atoms with Crippen LogP contribution in [0, 0.1) is 17.7 Å². The first-order valence-electron chi connectivity index (χ1n) is 6.60. The molecule has 1 aromatic rings. The number of hydrogen-bond donors (Lipinski definition) is 1. The number of nitrogens with two attached hydrogens (primary N) is 1. The predicted octanol–water partition coefficient (Wildman–Crippen LogP) is 3.77. The van der Waals surface area contributed by atoms with Crippen molar-refractivity contribution >= 4 is 0 Å². The Labute approximate surface area is 104 Å². The molecule has 0 amide bonds. The largest absolute Gasteiger partial charge is 0.330 e. The van der Waals surface area contributed by atoms with Crippen molar-refractivity contribution in [3.05, 3.63) is 35.6 Å². The molecule has 1 aromatic carbocycles. The van der Waals surface area contributed by atoms with E-state index in [0.29, 0.717) is 18.4 Å². The Hall–Kier alpha value is -0.890. The molecule has 2 atom stereocenters. The molecule has 0 spiro atoms. The lowest BCUT2D eigenvalue weighted by Gasteiger charge is -2.19. The standard InChI is InChI=1S/C15H24FN/c1-3-5-12(2)8-14(11-17)9-13-6-4-7-15(16)10-13/h4,6-7,10,12,14H,3,5,8-9,11,17H2,1-2H3. The highest BCUT2D eigenvalue weighted by atomic mass is 19.1. The van der Waals surface area contributed by atoms with Crippen molar-refractivity contribution in [1.29, 1.82) is 0 Å². The van der Waals surface area contributed by atoms with E-state index in [4.69, 9.17) is 5.73 Å². The molecule has 0 bridgehead atoms. The van der Waals surface area contributed by atoms with E-state index in [-0.39, 0.29) is 5.82 Å². The van der Waals surface area contributed by atoms with Gasteiger partial charge >= 0.3 is 0 Å². The summed E-state index contributed by atoms with van der Waals surface area (Å²) in [5, 5.41) is 0. The van der Waals surface area contributed by atoms with Gasteiger partial charge in [-0.05, 0) is 48.9 Å². The van der Waals surface area contributed by atoms with Gasteiger partial charge in [0, 0.05) is 0 Å². The van der Waals surface area contributed by atoms with Crippen LogP contribution < -0.4 is 5.73 Å². The topological polar surface area (TPSA) is 26.0 Å². The van der Waals surface area contributed by atoms with Gasteiger partial charge in [0.25, 0.3) is 0 Å². The van der Waals surface area contributed by atoms with Crippen LogP contribution in [0.2, 0.25) is 0 Å². The first-order chi connectivity index (χ1) is 8.15. The highest BCUT2D eigenvalue weighted by Gasteiger charge is 2.12. The molecule has 1 nitrogen and oxygen atoms in total. The highest BCUT2D eigenvalue weighted by molar-refractivity contribution is 5.16. The Bertz CT molecular complexity index is 324. The molecule has 2 unspecified atom stereocenters. The van der Waals surface area contributed by atoms with Crippen molar-refractivity contribution in [1.82, 2.24) is 0 Å². The first-order valence-corrected chi connectivity index (χ1v) is 6.60. The summed E-state index contributed by atoms with van der Waals surface area (Å²) in [6, 6.07) is 6.86. The van der Waals surface area contributed by atoms with Crippen LogP contribution in [-0.2, 0) is 6.42 Å². The van der Waals surface area contributed by atoms with Crippen LogP contribution in [0.1, 0.15) is 38.7 Å².